The molecule has 2 unspecified atom stereocenters. The summed E-state index contributed by atoms with van der Waals surface area (Å²) < 4.78 is 26.4. The molecular formula is C14H21ClN4O3S. The van der Waals surface area contributed by atoms with Crippen molar-refractivity contribution in [3.05, 3.63) is 29.8 Å². The number of benzene rings is 1. The van der Waals surface area contributed by atoms with E-state index in [0.717, 1.165) is 0 Å². The third kappa shape index (κ3) is 3.82. The van der Waals surface area contributed by atoms with Crippen LogP contribution in [-0.2, 0) is 14.8 Å². The normalized spacial score (nSPS) is 19.2. The number of carbonyl (C=O) groups is 1. The summed E-state index contributed by atoms with van der Waals surface area (Å²) in [6.45, 7) is 3.82. The van der Waals surface area contributed by atoms with Gasteiger partial charge in [-0.3, -0.25) is 14.5 Å². The van der Waals surface area contributed by atoms with Gasteiger partial charge in [0.25, 0.3) is 10.0 Å². The van der Waals surface area contributed by atoms with Crippen molar-refractivity contribution in [1.29, 1.82) is 0 Å². The minimum atomic E-state index is -3.59. The minimum Gasteiger partial charge on any atom is -0.340 e. The fourth-order valence-electron chi connectivity index (χ4n) is 2.15. The molecule has 1 aromatic carbocycles. The molecule has 0 bridgehead atoms. The van der Waals surface area contributed by atoms with E-state index in [0.29, 0.717) is 12.1 Å². The second-order valence-corrected chi connectivity index (χ2v) is 6.94. The molecule has 7 nitrogen and oxygen atoms in total. The summed E-state index contributed by atoms with van der Waals surface area (Å²) in [4.78, 5) is 18.2. The van der Waals surface area contributed by atoms with E-state index >= 15 is 0 Å². The first kappa shape index (κ1) is 19.4. The molecule has 2 atom stereocenters. The fourth-order valence-corrected chi connectivity index (χ4v) is 3.39. The Morgan fingerprint density at radius 3 is 2.57 bits per heavy atom. The van der Waals surface area contributed by atoms with Crippen LogP contribution < -0.4 is 10.5 Å². The molecule has 3 N–H and O–H groups in total. The number of halogens is 1. The van der Waals surface area contributed by atoms with Gasteiger partial charge in [0.2, 0.25) is 5.91 Å². The van der Waals surface area contributed by atoms with Gasteiger partial charge in [-0.15, -0.1) is 12.4 Å². The summed E-state index contributed by atoms with van der Waals surface area (Å²) in [5, 5.41) is 0. The number of likely N-dealkylation sites (N-methyl/N-ethyl adjacent to an activating group) is 1. The molecule has 2 rings (SSSR count). The lowest BCUT2D eigenvalue weighted by atomic mass is 10.2. The van der Waals surface area contributed by atoms with Crippen LogP contribution in [0.1, 0.15) is 19.4 Å². The van der Waals surface area contributed by atoms with Crippen LogP contribution in [0.15, 0.2) is 34.2 Å². The number of nitrogens with zero attached hydrogens (tertiary/aromatic N) is 2. The van der Waals surface area contributed by atoms with E-state index in [2.05, 4.69) is 9.71 Å². The molecule has 128 valence electrons. The molecule has 9 heteroatoms. The van der Waals surface area contributed by atoms with Gasteiger partial charge in [-0.1, -0.05) is 12.1 Å². The van der Waals surface area contributed by atoms with E-state index in [9.17, 15) is 13.2 Å². The minimum absolute atomic E-state index is 0. The molecule has 23 heavy (non-hydrogen) atoms. The van der Waals surface area contributed by atoms with Crippen molar-refractivity contribution in [2.24, 2.45) is 10.7 Å². The largest absolute Gasteiger partial charge is 0.340 e. The van der Waals surface area contributed by atoms with Gasteiger partial charge in [0.05, 0.1) is 4.90 Å². The third-order valence-electron chi connectivity index (χ3n) is 3.69. The second kappa shape index (κ2) is 7.29. The molecule has 0 fully saturated rings. The highest BCUT2D eigenvalue weighted by Crippen LogP contribution is 2.22. The molecule has 1 amide bonds. The number of sulfonamides is 1. The van der Waals surface area contributed by atoms with Crippen LogP contribution in [0.25, 0.3) is 0 Å². The molecule has 1 aliphatic rings. The number of nitrogens with two attached hydrogens (primary N) is 1. The fraction of sp³-hybridized carbons (Fsp3) is 0.429. The first-order chi connectivity index (χ1) is 10.3. The van der Waals surface area contributed by atoms with Gasteiger partial charge in [0.1, 0.15) is 11.9 Å². The van der Waals surface area contributed by atoms with Gasteiger partial charge in [0, 0.05) is 25.2 Å². The van der Waals surface area contributed by atoms with Crippen LogP contribution in [0.2, 0.25) is 0 Å². The van der Waals surface area contributed by atoms with Crippen molar-refractivity contribution < 1.29 is 13.2 Å². The van der Waals surface area contributed by atoms with Gasteiger partial charge in [-0.25, -0.2) is 8.42 Å². The van der Waals surface area contributed by atoms with E-state index in [-0.39, 0.29) is 35.1 Å². The monoisotopic (exact) mass is 360 g/mol. The standard InChI is InChI=1S/C14H20N4O3S.ClH/c1-9(8-15)18(3)14(19)10(2)16-13-11-6-4-5-7-12(11)22(20,21)17-13;/h4-7,9-10H,8,15H2,1-3H3,(H,16,17);1H. The molecule has 0 aliphatic carbocycles. The van der Waals surface area contributed by atoms with E-state index in [1.165, 1.54) is 11.0 Å². The Morgan fingerprint density at radius 2 is 1.96 bits per heavy atom. The van der Waals surface area contributed by atoms with Crippen molar-refractivity contribution in [2.75, 3.05) is 13.6 Å². The zero-order valence-electron chi connectivity index (χ0n) is 13.2. The molecule has 0 saturated carbocycles. The van der Waals surface area contributed by atoms with Crippen molar-refractivity contribution in [1.82, 2.24) is 9.62 Å². The molecule has 0 radical (unpaired) electrons. The lowest BCUT2D eigenvalue weighted by Crippen LogP contribution is -2.44. The van der Waals surface area contributed by atoms with Crippen LogP contribution in [0.4, 0.5) is 0 Å². The maximum Gasteiger partial charge on any atom is 0.263 e. The average molecular weight is 361 g/mol. The lowest BCUT2D eigenvalue weighted by Gasteiger charge is -2.25. The zero-order chi connectivity index (χ0) is 16.5. The van der Waals surface area contributed by atoms with Crippen LogP contribution in [0.3, 0.4) is 0 Å². The SMILES string of the molecule is CC(N=C1NS(=O)(=O)c2ccccc21)C(=O)N(C)C(C)CN.Cl. The maximum atomic E-state index is 12.3. The lowest BCUT2D eigenvalue weighted by molar-refractivity contribution is -0.132. The smallest absolute Gasteiger partial charge is 0.263 e. The predicted octanol–water partition coefficient (Wildman–Crippen LogP) is 0.341. The summed E-state index contributed by atoms with van der Waals surface area (Å²) in [5.41, 5.74) is 6.03. The highest BCUT2D eigenvalue weighted by atomic mass is 35.5. The number of hydrogen-bond acceptors (Lipinski definition) is 5. The van der Waals surface area contributed by atoms with E-state index in [1.807, 2.05) is 6.92 Å². The number of carbonyl (C=O) groups excluding carboxylic acids is 1. The predicted molar refractivity (Wildman–Crippen MR) is 91.3 cm³/mol. The van der Waals surface area contributed by atoms with Crippen LogP contribution in [0, 0.1) is 0 Å². The Hall–Kier alpha value is -1.64. The first-order valence-electron chi connectivity index (χ1n) is 6.94. The number of rotatable bonds is 4. The number of amidine groups is 1. The van der Waals surface area contributed by atoms with E-state index in [1.54, 1.807) is 32.2 Å². The Kier molecular flexibility index (Phi) is 6.15. The van der Waals surface area contributed by atoms with Crippen molar-refractivity contribution in [3.8, 4) is 0 Å². The van der Waals surface area contributed by atoms with Gasteiger partial charge < -0.3 is 10.6 Å². The van der Waals surface area contributed by atoms with E-state index < -0.39 is 16.1 Å². The van der Waals surface area contributed by atoms with Crippen molar-refractivity contribution in [3.63, 3.8) is 0 Å². The van der Waals surface area contributed by atoms with E-state index in [4.69, 9.17) is 5.73 Å². The molecule has 0 aromatic heterocycles. The quantitative estimate of drug-likeness (QED) is 0.807. The van der Waals surface area contributed by atoms with Gasteiger partial charge >= 0.3 is 0 Å². The Bertz CT molecular complexity index is 720. The van der Waals surface area contributed by atoms with Crippen LogP contribution >= 0.6 is 12.4 Å². The number of amides is 1. The molecule has 0 saturated heterocycles. The van der Waals surface area contributed by atoms with Gasteiger partial charge in [0.15, 0.2) is 0 Å². The molecular weight excluding hydrogens is 340 g/mol. The second-order valence-electron chi connectivity index (χ2n) is 5.29. The summed E-state index contributed by atoms with van der Waals surface area (Å²) in [6.07, 6.45) is 0. The van der Waals surface area contributed by atoms with Crippen LogP contribution in [-0.4, -0.2) is 50.7 Å². The number of hydrogen-bond donors (Lipinski definition) is 2. The Balaban J connectivity index is 0.00000264. The third-order valence-corrected chi connectivity index (χ3v) is 5.09. The average Bonchev–Trinajstić information content (AvgIpc) is 2.76. The first-order valence-corrected chi connectivity index (χ1v) is 8.43. The summed E-state index contributed by atoms with van der Waals surface area (Å²) in [7, 11) is -1.94. The number of nitrogens with one attached hydrogen (secondary N) is 1. The maximum absolute atomic E-state index is 12.3. The Morgan fingerprint density at radius 1 is 1.35 bits per heavy atom. The topological polar surface area (TPSA) is 105 Å². The van der Waals surface area contributed by atoms with Crippen LogP contribution in [0.5, 0.6) is 0 Å². The molecule has 1 heterocycles. The molecule has 0 spiro atoms. The van der Waals surface area contributed by atoms with Crippen molar-refractivity contribution >= 4 is 34.2 Å². The van der Waals surface area contributed by atoms with Gasteiger partial charge in [-0.2, -0.15) is 0 Å². The summed E-state index contributed by atoms with van der Waals surface area (Å²) in [5.74, 6) is -0.0146. The zero-order valence-corrected chi connectivity index (χ0v) is 14.8. The molecule has 1 aromatic rings. The summed E-state index contributed by atoms with van der Waals surface area (Å²) in [6, 6.07) is 5.73. The summed E-state index contributed by atoms with van der Waals surface area (Å²) >= 11 is 0. The van der Waals surface area contributed by atoms with Gasteiger partial charge in [-0.05, 0) is 26.0 Å². The number of fused-ring (bicyclic) bond motifs is 1. The van der Waals surface area contributed by atoms with Crippen molar-refractivity contribution in [2.45, 2.75) is 30.8 Å². The Labute approximate surface area is 142 Å². The molecule has 1 aliphatic heterocycles. The highest BCUT2D eigenvalue weighted by Gasteiger charge is 2.31. The number of aliphatic imine (C=N–C) groups is 1. The highest BCUT2D eigenvalue weighted by molar-refractivity contribution is 7.90.